The van der Waals surface area contributed by atoms with Crippen LogP contribution >= 0.6 is 0 Å². The molecular weight excluding hydrogens is 234 g/mol. The zero-order valence-electron chi connectivity index (χ0n) is 12.4. The maximum atomic E-state index is 12.8. The summed E-state index contributed by atoms with van der Waals surface area (Å²) >= 11 is 0. The number of amides is 1. The number of rotatable bonds is 2. The van der Waals surface area contributed by atoms with Crippen LogP contribution in [0.3, 0.4) is 0 Å². The highest BCUT2D eigenvalue weighted by atomic mass is 16.2. The molecule has 3 saturated carbocycles. The van der Waals surface area contributed by atoms with E-state index in [0.29, 0.717) is 12.0 Å². The van der Waals surface area contributed by atoms with Gasteiger partial charge in [0.2, 0.25) is 5.91 Å². The summed E-state index contributed by atoms with van der Waals surface area (Å²) in [7, 11) is 0. The first-order valence-electron chi connectivity index (χ1n) is 7.98. The van der Waals surface area contributed by atoms with Crippen molar-refractivity contribution in [3.8, 4) is 0 Å². The zero-order chi connectivity index (χ0) is 13.7. The van der Waals surface area contributed by atoms with Gasteiger partial charge in [0, 0.05) is 6.04 Å². The predicted octanol–water partition coefficient (Wildman–Crippen LogP) is 3.82. The van der Waals surface area contributed by atoms with Gasteiger partial charge in [-0.05, 0) is 43.4 Å². The SMILES string of the molecule is C=C1C2(C(=O)NC3CCCCC3)CCC(C2)C1(C)C. The molecule has 0 aromatic rings. The number of carbonyl (C=O) groups is 1. The Kier molecular flexibility index (Phi) is 3.03. The Morgan fingerprint density at radius 3 is 2.47 bits per heavy atom. The van der Waals surface area contributed by atoms with Crippen molar-refractivity contribution >= 4 is 5.91 Å². The molecule has 0 spiro atoms. The molecule has 2 nitrogen and oxygen atoms in total. The molecular formula is C17H27NO. The van der Waals surface area contributed by atoms with Crippen LogP contribution in [-0.2, 0) is 4.79 Å². The number of hydrogen-bond donors (Lipinski definition) is 1. The molecule has 1 amide bonds. The first kappa shape index (κ1) is 13.2. The molecule has 2 unspecified atom stereocenters. The van der Waals surface area contributed by atoms with Crippen LogP contribution in [0.4, 0.5) is 0 Å². The maximum absolute atomic E-state index is 12.8. The van der Waals surface area contributed by atoms with Crippen molar-refractivity contribution in [1.82, 2.24) is 5.32 Å². The molecule has 2 heteroatoms. The topological polar surface area (TPSA) is 29.1 Å². The standard InChI is InChI=1S/C17H27NO/c1-12-16(2,3)13-9-10-17(12,11-13)15(19)18-14-7-5-4-6-8-14/h13-14H,1,4-11H2,2-3H3,(H,18,19). The Morgan fingerprint density at radius 1 is 1.21 bits per heavy atom. The van der Waals surface area contributed by atoms with Gasteiger partial charge in [-0.1, -0.05) is 45.3 Å². The van der Waals surface area contributed by atoms with E-state index in [9.17, 15) is 4.79 Å². The molecule has 106 valence electrons. The smallest absolute Gasteiger partial charge is 0.230 e. The summed E-state index contributed by atoms with van der Waals surface area (Å²) in [5, 5.41) is 3.35. The fourth-order valence-corrected chi connectivity index (χ4v) is 4.71. The van der Waals surface area contributed by atoms with Crippen LogP contribution in [0, 0.1) is 16.7 Å². The summed E-state index contributed by atoms with van der Waals surface area (Å²) < 4.78 is 0. The van der Waals surface area contributed by atoms with Crippen LogP contribution in [0.25, 0.3) is 0 Å². The van der Waals surface area contributed by atoms with Crippen molar-refractivity contribution in [3.05, 3.63) is 12.2 Å². The second-order valence-corrected chi connectivity index (χ2v) is 7.53. The lowest BCUT2D eigenvalue weighted by Gasteiger charge is -2.38. The van der Waals surface area contributed by atoms with E-state index in [1.807, 2.05) is 0 Å². The Morgan fingerprint density at radius 2 is 1.89 bits per heavy atom. The first-order valence-corrected chi connectivity index (χ1v) is 7.98. The lowest BCUT2D eigenvalue weighted by atomic mass is 9.68. The maximum Gasteiger partial charge on any atom is 0.230 e. The molecule has 0 heterocycles. The van der Waals surface area contributed by atoms with Crippen molar-refractivity contribution < 1.29 is 4.79 Å². The van der Waals surface area contributed by atoms with E-state index in [1.165, 1.54) is 44.1 Å². The molecule has 0 aliphatic heterocycles. The monoisotopic (exact) mass is 261 g/mol. The van der Waals surface area contributed by atoms with Gasteiger partial charge in [-0.2, -0.15) is 0 Å². The summed E-state index contributed by atoms with van der Waals surface area (Å²) in [6, 6.07) is 0.422. The summed E-state index contributed by atoms with van der Waals surface area (Å²) in [5.74, 6) is 0.953. The molecule has 2 atom stereocenters. The summed E-state index contributed by atoms with van der Waals surface area (Å²) in [4.78, 5) is 12.8. The molecule has 3 aliphatic carbocycles. The van der Waals surface area contributed by atoms with Crippen LogP contribution in [0.5, 0.6) is 0 Å². The second kappa shape index (κ2) is 4.36. The van der Waals surface area contributed by atoms with Crippen LogP contribution in [0.15, 0.2) is 12.2 Å². The van der Waals surface area contributed by atoms with E-state index in [2.05, 4.69) is 25.7 Å². The van der Waals surface area contributed by atoms with Crippen LogP contribution < -0.4 is 5.32 Å². The van der Waals surface area contributed by atoms with Gasteiger partial charge in [0.15, 0.2) is 0 Å². The van der Waals surface area contributed by atoms with Gasteiger partial charge in [0.25, 0.3) is 0 Å². The van der Waals surface area contributed by atoms with Gasteiger partial charge in [0.05, 0.1) is 5.41 Å². The first-order chi connectivity index (χ1) is 8.97. The van der Waals surface area contributed by atoms with Gasteiger partial charge in [0.1, 0.15) is 0 Å². The molecule has 0 aromatic heterocycles. The van der Waals surface area contributed by atoms with Crippen LogP contribution in [-0.4, -0.2) is 11.9 Å². The summed E-state index contributed by atoms with van der Waals surface area (Å²) in [6.07, 6.45) is 9.47. The van der Waals surface area contributed by atoms with E-state index in [4.69, 9.17) is 0 Å². The minimum atomic E-state index is -0.231. The van der Waals surface area contributed by atoms with E-state index in [-0.39, 0.29) is 16.7 Å². The minimum absolute atomic E-state index is 0.155. The third-order valence-electron chi connectivity index (χ3n) is 6.27. The lowest BCUT2D eigenvalue weighted by Crippen LogP contribution is -2.46. The quantitative estimate of drug-likeness (QED) is 0.752. The van der Waals surface area contributed by atoms with Gasteiger partial charge in [-0.15, -0.1) is 0 Å². The number of hydrogen-bond acceptors (Lipinski definition) is 1. The zero-order valence-corrected chi connectivity index (χ0v) is 12.4. The largest absolute Gasteiger partial charge is 0.353 e. The second-order valence-electron chi connectivity index (χ2n) is 7.53. The molecule has 2 bridgehead atoms. The van der Waals surface area contributed by atoms with E-state index in [1.54, 1.807) is 0 Å². The van der Waals surface area contributed by atoms with E-state index in [0.717, 1.165) is 12.8 Å². The van der Waals surface area contributed by atoms with Gasteiger partial charge < -0.3 is 5.32 Å². The highest BCUT2D eigenvalue weighted by Gasteiger charge is 2.60. The third kappa shape index (κ3) is 1.86. The van der Waals surface area contributed by atoms with Crippen molar-refractivity contribution in [2.75, 3.05) is 0 Å². The third-order valence-corrected chi connectivity index (χ3v) is 6.27. The van der Waals surface area contributed by atoms with Crippen LogP contribution in [0.1, 0.15) is 65.2 Å². The average molecular weight is 261 g/mol. The molecule has 3 rings (SSSR count). The Balaban J connectivity index is 1.74. The molecule has 3 fully saturated rings. The average Bonchev–Trinajstić information content (AvgIpc) is 2.91. The van der Waals surface area contributed by atoms with Crippen molar-refractivity contribution in [3.63, 3.8) is 0 Å². The molecule has 3 aliphatic rings. The summed E-state index contributed by atoms with van der Waals surface area (Å²) in [6.45, 7) is 8.86. The molecule has 19 heavy (non-hydrogen) atoms. The number of nitrogens with one attached hydrogen (secondary N) is 1. The fourth-order valence-electron chi connectivity index (χ4n) is 4.71. The fraction of sp³-hybridized carbons (Fsp3) is 0.824. The van der Waals surface area contributed by atoms with Gasteiger partial charge in [-0.25, -0.2) is 0 Å². The predicted molar refractivity (Wildman–Crippen MR) is 77.7 cm³/mol. The Bertz CT molecular complexity index is 405. The normalized spacial score (nSPS) is 37.6. The van der Waals surface area contributed by atoms with E-state index >= 15 is 0 Å². The molecule has 0 radical (unpaired) electrons. The lowest BCUT2D eigenvalue weighted by molar-refractivity contribution is -0.129. The number of carbonyl (C=O) groups excluding carboxylic acids is 1. The van der Waals surface area contributed by atoms with Crippen molar-refractivity contribution in [1.29, 1.82) is 0 Å². The Hall–Kier alpha value is -0.790. The number of fused-ring (bicyclic) bond motifs is 2. The van der Waals surface area contributed by atoms with Crippen molar-refractivity contribution in [2.24, 2.45) is 16.7 Å². The van der Waals surface area contributed by atoms with E-state index < -0.39 is 0 Å². The minimum Gasteiger partial charge on any atom is -0.353 e. The molecule has 0 aromatic carbocycles. The van der Waals surface area contributed by atoms with Crippen LogP contribution in [0.2, 0.25) is 0 Å². The summed E-state index contributed by atoms with van der Waals surface area (Å²) in [5.41, 5.74) is 1.12. The highest BCUT2D eigenvalue weighted by Crippen LogP contribution is 2.65. The highest BCUT2D eigenvalue weighted by molar-refractivity contribution is 5.87. The molecule has 1 N–H and O–H groups in total. The van der Waals surface area contributed by atoms with Crippen molar-refractivity contribution in [2.45, 2.75) is 71.3 Å². The molecule has 0 saturated heterocycles. The van der Waals surface area contributed by atoms with Gasteiger partial charge >= 0.3 is 0 Å². The Labute approximate surface area is 117 Å². The van der Waals surface area contributed by atoms with Gasteiger partial charge in [-0.3, -0.25) is 4.79 Å².